The van der Waals surface area contributed by atoms with Gasteiger partial charge in [0.25, 0.3) is 0 Å². The molecule has 0 atom stereocenters. The van der Waals surface area contributed by atoms with E-state index in [1.54, 1.807) is 0 Å². The lowest BCUT2D eigenvalue weighted by atomic mass is 9.69. The van der Waals surface area contributed by atoms with Crippen molar-refractivity contribution in [3.05, 3.63) is 0 Å². The molecule has 0 radical (unpaired) electrons. The van der Waals surface area contributed by atoms with E-state index in [0.29, 0.717) is 0 Å². The van der Waals surface area contributed by atoms with E-state index in [9.17, 15) is 0 Å². The molecule has 0 N–H and O–H groups in total. The molecule has 0 saturated heterocycles. The lowest BCUT2D eigenvalue weighted by molar-refractivity contribution is -0.103. The van der Waals surface area contributed by atoms with Crippen LogP contribution >= 0.6 is 0 Å². The highest BCUT2D eigenvalue weighted by atomic mass is 16.7. The first-order valence-electron chi connectivity index (χ1n) is 4.48. The van der Waals surface area contributed by atoms with Crippen LogP contribution in [0.3, 0.4) is 0 Å². The quantitative estimate of drug-likeness (QED) is 0.566. The average molecular weight is 153 g/mol. The number of oxime groups is 1. The van der Waals surface area contributed by atoms with Crippen molar-refractivity contribution in [2.45, 2.75) is 45.1 Å². The fraction of sp³-hybridized carbons (Fsp3) is 0.889. The van der Waals surface area contributed by atoms with Crippen LogP contribution in [-0.2, 0) is 4.84 Å². The van der Waals surface area contributed by atoms with Crippen LogP contribution in [0, 0.1) is 5.92 Å². The van der Waals surface area contributed by atoms with Gasteiger partial charge in [-0.1, -0.05) is 19.0 Å². The second-order valence-corrected chi connectivity index (χ2v) is 3.98. The molecule has 2 aliphatic rings. The highest BCUT2D eigenvalue weighted by Gasteiger charge is 2.48. The fourth-order valence-electron chi connectivity index (χ4n) is 2.22. The van der Waals surface area contributed by atoms with Gasteiger partial charge in [0.1, 0.15) is 5.60 Å². The Bertz CT molecular complexity index is 192. The first kappa shape index (κ1) is 7.14. The molecular weight excluding hydrogens is 138 g/mol. The predicted octanol–water partition coefficient (Wildman–Crippen LogP) is 2.34. The molecule has 62 valence electrons. The standard InChI is InChI=1S/C9H15NO/c1-3-8-6-9(11-10-8)4-7(2)5-9/h7H,3-6H2,1-2H3. The maximum Gasteiger partial charge on any atom is 0.143 e. The van der Waals surface area contributed by atoms with Crippen LogP contribution < -0.4 is 0 Å². The SMILES string of the molecule is CCC1=NOC2(C1)CC(C)C2. The summed E-state index contributed by atoms with van der Waals surface area (Å²) in [6.07, 6.45) is 4.56. The zero-order valence-electron chi connectivity index (χ0n) is 7.26. The minimum atomic E-state index is 0.157. The molecule has 0 aromatic heterocycles. The van der Waals surface area contributed by atoms with Gasteiger partial charge in [-0.2, -0.15) is 0 Å². The Balaban J connectivity index is 1.94. The number of hydrogen-bond acceptors (Lipinski definition) is 2. The van der Waals surface area contributed by atoms with Gasteiger partial charge in [0.05, 0.1) is 5.71 Å². The first-order chi connectivity index (χ1) is 5.24. The van der Waals surface area contributed by atoms with Gasteiger partial charge in [-0.25, -0.2) is 0 Å². The average Bonchev–Trinajstić information content (AvgIpc) is 2.31. The number of nitrogens with zero attached hydrogens (tertiary/aromatic N) is 1. The van der Waals surface area contributed by atoms with Crippen molar-refractivity contribution < 1.29 is 4.84 Å². The minimum absolute atomic E-state index is 0.157. The predicted molar refractivity (Wildman–Crippen MR) is 44.6 cm³/mol. The molecule has 1 fully saturated rings. The molecule has 0 unspecified atom stereocenters. The van der Waals surface area contributed by atoms with E-state index in [4.69, 9.17) is 4.84 Å². The smallest absolute Gasteiger partial charge is 0.143 e. The molecule has 0 amide bonds. The van der Waals surface area contributed by atoms with E-state index < -0.39 is 0 Å². The number of rotatable bonds is 1. The molecule has 1 aliphatic heterocycles. The summed E-state index contributed by atoms with van der Waals surface area (Å²) < 4.78 is 0. The topological polar surface area (TPSA) is 21.6 Å². The Morgan fingerprint density at radius 2 is 2.36 bits per heavy atom. The lowest BCUT2D eigenvalue weighted by Gasteiger charge is -2.40. The number of hydrogen-bond donors (Lipinski definition) is 0. The van der Waals surface area contributed by atoms with Crippen molar-refractivity contribution in [2.75, 3.05) is 0 Å². The van der Waals surface area contributed by atoms with Crippen LogP contribution in [0.1, 0.15) is 39.5 Å². The summed E-state index contributed by atoms with van der Waals surface area (Å²) in [5.41, 5.74) is 1.40. The van der Waals surface area contributed by atoms with Crippen LogP contribution in [0.2, 0.25) is 0 Å². The molecule has 1 aliphatic carbocycles. The third-order valence-corrected chi connectivity index (χ3v) is 2.74. The highest BCUT2D eigenvalue weighted by Crippen LogP contribution is 2.46. The van der Waals surface area contributed by atoms with Crippen LogP contribution in [-0.4, -0.2) is 11.3 Å². The van der Waals surface area contributed by atoms with Crippen molar-refractivity contribution in [1.82, 2.24) is 0 Å². The minimum Gasteiger partial charge on any atom is -0.389 e. The zero-order valence-corrected chi connectivity index (χ0v) is 7.26. The molecule has 2 heteroatoms. The van der Waals surface area contributed by atoms with Crippen molar-refractivity contribution in [3.8, 4) is 0 Å². The first-order valence-corrected chi connectivity index (χ1v) is 4.48. The fourth-order valence-corrected chi connectivity index (χ4v) is 2.22. The molecule has 0 aromatic rings. The second kappa shape index (κ2) is 2.23. The monoisotopic (exact) mass is 153 g/mol. The van der Waals surface area contributed by atoms with Crippen molar-refractivity contribution in [1.29, 1.82) is 0 Å². The van der Waals surface area contributed by atoms with Crippen molar-refractivity contribution in [2.24, 2.45) is 11.1 Å². The Morgan fingerprint density at radius 1 is 1.64 bits per heavy atom. The summed E-state index contributed by atoms with van der Waals surface area (Å²) >= 11 is 0. The molecular formula is C9H15NO. The Labute approximate surface area is 67.6 Å². The van der Waals surface area contributed by atoms with Crippen LogP contribution in [0.4, 0.5) is 0 Å². The van der Waals surface area contributed by atoms with Crippen molar-refractivity contribution in [3.63, 3.8) is 0 Å². The summed E-state index contributed by atoms with van der Waals surface area (Å²) in [5.74, 6) is 0.849. The largest absolute Gasteiger partial charge is 0.389 e. The van der Waals surface area contributed by atoms with Gasteiger partial charge >= 0.3 is 0 Å². The molecule has 2 rings (SSSR count). The van der Waals surface area contributed by atoms with Gasteiger partial charge in [0, 0.05) is 6.42 Å². The van der Waals surface area contributed by atoms with Gasteiger partial charge in [0.15, 0.2) is 0 Å². The van der Waals surface area contributed by atoms with Gasteiger partial charge in [-0.15, -0.1) is 0 Å². The normalized spacial score (nSPS) is 41.6. The maximum atomic E-state index is 5.44. The van der Waals surface area contributed by atoms with Gasteiger partial charge < -0.3 is 4.84 Å². The molecule has 1 spiro atoms. The maximum absolute atomic E-state index is 5.44. The van der Waals surface area contributed by atoms with Gasteiger partial charge in [-0.05, 0) is 25.2 Å². The van der Waals surface area contributed by atoms with Gasteiger partial charge in [0.2, 0.25) is 0 Å². The Morgan fingerprint density at radius 3 is 2.82 bits per heavy atom. The summed E-state index contributed by atoms with van der Waals surface area (Å²) in [4.78, 5) is 5.44. The second-order valence-electron chi connectivity index (χ2n) is 3.98. The highest BCUT2D eigenvalue weighted by molar-refractivity contribution is 5.85. The lowest BCUT2D eigenvalue weighted by Crippen LogP contribution is -2.42. The summed E-state index contributed by atoms with van der Waals surface area (Å²) in [6.45, 7) is 4.42. The van der Waals surface area contributed by atoms with E-state index in [0.717, 1.165) is 18.8 Å². The van der Waals surface area contributed by atoms with E-state index >= 15 is 0 Å². The third-order valence-electron chi connectivity index (χ3n) is 2.74. The molecule has 1 heterocycles. The molecule has 0 bridgehead atoms. The van der Waals surface area contributed by atoms with E-state index in [2.05, 4.69) is 19.0 Å². The van der Waals surface area contributed by atoms with E-state index in [1.807, 2.05) is 0 Å². The molecule has 2 nitrogen and oxygen atoms in total. The molecule has 0 aromatic carbocycles. The molecule has 11 heavy (non-hydrogen) atoms. The summed E-state index contributed by atoms with van der Waals surface area (Å²) in [6, 6.07) is 0. The van der Waals surface area contributed by atoms with Crippen LogP contribution in [0.5, 0.6) is 0 Å². The summed E-state index contributed by atoms with van der Waals surface area (Å²) in [5, 5.41) is 4.08. The Kier molecular flexibility index (Phi) is 1.44. The molecule has 1 saturated carbocycles. The summed E-state index contributed by atoms with van der Waals surface area (Å²) in [7, 11) is 0. The zero-order chi connectivity index (χ0) is 7.90. The van der Waals surface area contributed by atoms with E-state index in [1.165, 1.54) is 18.6 Å². The van der Waals surface area contributed by atoms with Crippen LogP contribution in [0.25, 0.3) is 0 Å². The van der Waals surface area contributed by atoms with E-state index in [-0.39, 0.29) is 5.60 Å². The van der Waals surface area contributed by atoms with Crippen LogP contribution in [0.15, 0.2) is 5.16 Å². The Hall–Kier alpha value is -0.530. The third kappa shape index (κ3) is 1.05. The van der Waals surface area contributed by atoms with Gasteiger partial charge in [-0.3, -0.25) is 0 Å². The van der Waals surface area contributed by atoms with Crippen molar-refractivity contribution >= 4 is 5.71 Å².